The van der Waals surface area contributed by atoms with Crippen LogP contribution in [0.5, 0.6) is 0 Å². The Morgan fingerprint density at radius 2 is 1.79 bits per heavy atom. The van der Waals surface area contributed by atoms with E-state index < -0.39 is 0 Å². The first kappa shape index (κ1) is 11.3. The van der Waals surface area contributed by atoms with Gasteiger partial charge in [0.05, 0.1) is 5.84 Å². The number of hydrogen-bond donors (Lipinski definition) is 1. The van der Waals surface area contributed by atoms with Gasteiger partial charge in [0.25, 0.3) is 0 Å². The van der Waals surface area contributed by atoms with E-state index in [-0.39, 0.29) is 0 Å². The molecule has 1 rings (SSSR count). The van der Waals surface area contributed by atoms with Crippen molar-refractivity contribution in [3.05, 3.63) is 33.8 Å². The molecule has 0 heterocycles. The Kier molecular flexibility index (Phi) is 3.78. The lowest BCUT2D eigenvalue weighted by atomic mass is 10.1. The van der Waals surface area contributed by atoms with Crippen molar-refractivity contribution in [1.29, 1.82) is 5.41 Å². The summed E-state index contributed by atoms with van der Waals surface area (Å²) in [4.78, 5) is 1.74. The van der Waals surface area contributed by atoms with Crippen molar-refractivity contribution in [2.45, 2.75) is 6.42 Å². The Hall–Kier alpha value is -0.730. The van der Waals surface area contributed by atoms with E-state index in [1.165, 1.54) is 0 Å². The number of amidine groups is 1. The van der Waals surface area contributed by atoms with E-state index in [2.05, 4.69) is 0 Å². The molecule has 2 nitrogen and oxygen atoms in total. The monoisotopic (exact) mass is 230 g/mol. The summed E-state index contributed by atoms with van der Waals surface area (Å²) in [5, 5.41) is 8.91. The zero-order valence-corrected chi connectivity index (χ0v) is 9.65. The number of benzene rings is 1. The van der Waals surface area contributed by atoms with Gasteiger partial charge in [-0.05, 0) is 17.7 Å². The van der Waals surface area contributed by atoms with Crippen molar-refractivity contribution in [2.24, 2.45) is 0 Å². The summed E-state index contributed by atoms with van der Waals surface area (Å²) in [7, 11) is 3.65. The van der Waals surface area contributed by atoms with Gasteiger partial charge in [-0.2, -0.15) is 0 Å². The van der Waals surface area contributed by atoms with Gasteiger partial charge in [0.15, 0.2) is 0 Å². The first-order chi connectivity index (χ1) is 6.52. The number of nitrogens with zero attached hydrogens (tertiary/aromatic N) is 1. The molecule has 0 atom stereocenters. The van der Waals surface area contributed by atoms with Crippen LogP contribution in [0.4, 0.5) is 0 Å². The van der Waals surface area contributed by atoms with E-state index in [9.17, 15) is 0 Å². The average Bonchev–Trinajstić information content (AvgIpc) is 2.11. The predicted molar refractivity (Wildman–Crippen MR) is 61.6 cm³/mol. The molecule has 0 aliphatic carbocycles. The number of nitrogens with one attached hydrogen (secondary N) is 1. The van der Waals surface area contributed by atoms with Crippen molar-refractivity contribution in [3.63, 3.8) is 0 Å². The molecule has 0 bridgehead atoms. The highest BCUT2D eigenvalue weighted by molar-refractivity contribution is 6.36. The number of halogens is 2. The fourth-order valence-electron chi connectivity index (χ4n) is 1.03. The number of hydrogen-bond acceptors (Lipinski definition) is 1. The van der Waals surface area contributed by atoms with Gasteiger partial charge in [-0.25, -0.2) is 0 Å². The molecule has 1 aromatic rings. The topological polar surface area (TPSA) is 27.1 Å². The second kappa shape index (κ2) is 4.67. The molecule has 0 saturated carbocycles. The molecule has 14 heavy (non-hydrogen) atoms. The van der Waals surface area contributed by atoms with Gasteiger partial charge in [-0.15, -0.1) is 0 Å². The maximum Gasteiger partial charge on any atom is 0.0998 e. The number of likely N-dealkylation sites (N-methyl/N-ethyl adjacent to an activating group) is 1. The minimum absolute atomic E-state index is 0.464. The average molecular weight is 231 g/mol. The molecule has 0 radical (unpaired) electrons. The standard InChI is InChI=1S/C10H12Cl2N2/c1-14(2)10(13)6-7-8(11)4-3-5-9(7)12/h3-5,13H,6H2,1-2H3. The van der Waals surface area contributed by atoms with Crippen LogP contribution in [0.1, 0.15) is 5.56 Å². The van der Waals surface area contributed by atoms with E-state index in [0.29, 0.717) is 22.3 Å². The molecular formula is C10H12Cl2N2. The summed E-state index contributed by atoms with van der Waals surface area (Å²) >= 11 is 12.0. The molecule has 76 valence electrons. The van der Waals surface area contributed by atoms with Crippen LogP contribution in [0.3, 0.4) is 0 Å². The summed E-state index contributed by atoms with van der Waals surface area (Å²) in [6.45, 7) is 0. The zero-order chi connectivity index (χ0) is 10.7. The molecule has 0 saturated heterocycles. The Morgan fingerprint density at radius 1 is 1.29 bits per heavy atom. The molecule has 0 aromatic heterocycles. The van der Waals surface area contributed by atoms with Crippen LogP contribution >= 0.6 is 23.2 Å². The highest BCUT2D eigenvalue weighted by Gasteiger charge is 2.08. The lowest BCUT2D eigenvalue weighted by Crippen LogP contribution is -2.23. The number of rotatable bonds is 2. The molecule has 1 aromatic carbocycles. The largest absolute Gasteiger partial charge is 0.366 e. The van der Waals surface area contributed by atoms with Gasteiger partial charge >= 0.3 is 0 Å². The van der Waals surface area contributed by atoms with Crippen molar-refractivity contribution in [3.8, 4) is 0 Å². The van der Waals surface area contributed by atoms with E-state index in [1.54, 1.807) is 23.1 Å². The first-order valence-electron chi connectivity index (χ1n) is 4.20. The summed E-state index contributed by atoms with van der Waals surface area (Å²) in [6.07, 6.45) is 0.464. The third-order valence-corrected chi connectivity index (χ3v) is 2.65. The molecule has 0 aliphatic heterocycles. The van der Waals surface area contributed by atoms with Gasteiger partial charge in [-0.3, -0.25) is 5.41 Å². The fraction of sp³-hybridized carbons (Fsp3) is 0.300. The Balaban J connectivity index is 2.91. The van der Waals surface area contributed by atoms with Crippen LogP contribution in [0.2, 0.25) is 10.0 Å². The van der Waals surface area contributed by atoms with Crippen molar-refractivity contribution in [1.82, 2.24) is 4.90 Å². The summed E-state index contributed by atoms with van der Waals surface area (Å²) in [6, 6.07) is 5.37. The predicted octanol–water partition coefficient (Wildman–Crippen LogP) is 3.07. The minimum Gasteiger partial charge on any atom is -0.366 e. The van der Waals surface area contributed by atoms with Crippen LogP contribution < -0.4 is 0 Å². The van der Waals surface area contributed by atoms with Crippen LogP contribution in [0.15, 0.2) is 18.2 Å². The van der Waals surface area contributed by atoms with Crippen LogP contribution in [0, 0.1) is 5.41 Å². The van der Waals surface area contributed by atoms with Gasteiger partial charge < -0.3 is 4.90 Å². The van der Waals surface area contributed by atoms with E-state index >= 15 is 0 Å². The van der Waals surface area contributed by atoms with Gasteiger partial charge in [0.1, 0.15) is 0 Å². The van der Waals surface area contributed by atoms with Crippen molar-refractivity contribution >= 4 is 29.0 Å². The van der Waals surface area contributed by atoms with Gasteiger partial charge in [0.2, 0.25) is 0 Å². The molecule has 0 unspecified atom stereocenters. The van der Waals surface area contributed by atoms with Crippen LogP contribution in [0.25, 0.3) is 0 Å². The maximum absolute atomic E-state index is 7.68. The maximum atomic E-state index is 7.68. The highest BCUT2D eigenvalue weighted by Crippen LogP contribution is 2.24. The highest BCUT2D eigenvalue weighted by atomic mass is 35.5. The quantitative estimate of drug-likeness (QED) is 0.614. The molecular weight excluding hydrogens is 219 g/mol. The Labute approximate surface area is 93.9 Å². The molecule has 4 heteroatoms. The lowest BCUT2D eigenvalue weighted by molar-refractivity contribution is 0.605. The van der Waals surface area contributed by atoms with Gasteiger partial charge in [-0.1, -0.05) is 29.3 Å². The third kappa shape index (κ3) is 2.63. The lowest BCUT2D eigenvalue weighted by Gasteiger charge is -2.14. The van der Waals surface area contributed by atoms with Crippen LogP contribution in [-0.4, -0.2) is 24.8 Å². The normalized spacial score (nSPS) is 10.0. The smallest absolute Gasteiger partial charge is 0.0998 e. The summed E-state index contributed by atoms with van der Waals surface area (Å²) in [5.41, 5.74) is 0.814. The van der Waals surface area contributed by atoms with Gasteiger partial charge in [0, 0.05) is 30.6 Å². The van der Waals surface area contributed by atoms with Crippen LogP contribution in [-0.2, 0) is 6.42 Å². The molecule has 0 fully saturated rings. The summed E-state index contributed by atoms with van der Waals surface area (Å²) < 4.78 is 0. The van der Waals surface area contributed by atoms with E-state index in [1.807, 2.05) is 14.1 Å². The Morgan fingerprint density at radius 3 is 2.21 bits per heavy atom. The SMILES string of the molecule is CN(C)C(=N)Cc1c(Cl)cccc1Cl. The second-order valence-electron chi connectivity index (χ2n) is 3.22. The van der Waals surface area contributed by atoms with Crippen molar-refractivity contribution in [2.75, 3.05) is 14.1 Å². The summed E-state index contributed by atoms with van der Waals surface area (Å²) in [5.74, 6) is 0.486. The van der Waals surface area contributed by atoms with E-state index in [4.69, 9.17) is 28.6 Å². The van der Waals surface area contributed by atoms with Crippen molar-refractivity contribution < 1.29 is 0 Å². The molecule has 0 spiro atoms. The van der Waals surface area contributed by atoms with E-state index in [0.717, 1.165) is 5.56 Å². The first-order valence-corrected chi connectivity index (χ1v) is 4.95. The molecule has 0 aliphatic rings. The molecule has 1 N–H and O–H groups in total. The zero-order valence-electron chi connectivity index (χ0n) is 8.14. The third-order valence-electron chi connectivity index (χ3n) is 1.95. The Bertz CT molecular complexity index is 328. The second-order valence-corrected chi connectivity index (χ2v) is 4.03. The minimum atomic E-state index is 0.464. The molecule has 0 amide bonds. The fourth-order valence-corrected chi connectivity index (χ4v) is 1.56.